The predicted molar refractivity (Wildman–Crippen MR) is 122 cm³/mol. The number of rotatable bonds is 7. The molecule has 0 saturated carbocycles. The Morgan fingerprint density at radius 2 is 1.83 bits per heavy atom. The number of hydrogen-bond donors (Lipinski definition) is 1. The van der Waals surface area contributed by atoms with E-state index < -0.39 is 0 Å². The predicted octanol–water partition coefficient (Wildman–Crippen LogP) is 4.25. The van der Waals surface area contributed by atoms with Gasteiger partial charge in [-0.05, 0) is 24.0 Å². The fraction of sp³-hybridized carbons (Fsp3) is 0.375. The minimum Gasteiger partial charge on any atom is -0.359 e. The molecule has 3 heterocycles. The number of thiazole rings is 1. The smallest absolute Gasteiger partial charge is 0.225 e. The number of pyridine rings is 1. The average Bonchev–Trinajstić information content (AvgIpc) is 3.20. The van der Waals surface area contributed by atoms with E-state index in [-0.39, 0.29) is 11.8 Å². The molecule has 1 amide bonds. The standard InChI is InChI=1S/C24H28N4OS/c1-16(2)10-21-9-8-19(11-26-21)22-12-27-24(30-22)18-6-4-17(5-7-18)13-28-14-20(15-28)23(29)25-3/h4-9,11-12,16,20H,10,13-15H2,1-3H3,(H,25,29). The van der Waals surface area contributed by atoms with Gasteiger partial charge in [0.15, 0.2) is 0 Å². The molecule has 6 heteroatoms. The molecule has 0 radical (unpaired) electrons. The Hall–Kier alpha value is -2.57. The van der Waals surface area contributed by atoms with Crippen molar-refractivity contribution in [3.8, 4) is 21.0 Å². The first kappa shape index (κ1) is 20.7. The van der Waals surface area contributed by atoms with Gasteiger partial charge in [-0.3, -0.25) is 14.7 Å². The Kier molecular flexibility index (Phi) is 6.25. The van der Waals surface area contributed by atoms with Crippen molar-refractivity contribution < 1.29 is 4.79 Å². The lowest BCUT2D eigenvalue weighted by molar-refractivity contribution is -0.129. The van der Waals surface area contributed by atoms with Crippen LogP contribution in [0.3, 0.4) is 0 Å². The third-order valence-corrected chi connectivity index (χ3v) is 6.51. The Morgan fingerprint density at radius 1 is 1.10 bits per heavy atom. The molecule has 1 fully saturated rings. The van der Waals surface area contributed by atoms with E-state index in [1.165, 1.54) is 5.56 Å². The third-order valence-electron chi connectivity index (χ3n) is 5.41. The van der Waals surface area contributed by atoms with Gasteiger partial charge in [-0.2, -0.15) is 0 Å². The molecule has 3 aromatic rings. The Balaban J connectivity index is 1.37. The molecule has 2 aromatic heterocycles. The fourth-order valence-corrected chi connectivity index (χ4v) is 4.64. The van der Waals surface area contributed by atoms with Crippen LogP contribution in [0.5, 0.6) is 0 Å². The summed E-state index contributed by atoms with van der Waals surface area (Å²) in [6.07, 6.45) is 4.90. The van der Waals surface area contributed by atoms with Crippen molar-refractivity contribution in [1.29, 1.82) is 0 Å². The highest BCUT2D eigenvalue weighted by molar-refractivity contribution is 7.18. The Bertz CT molecular complexity index is 989. The Morgan fingerprint density at radius 3 is 2.47 bits per heavy atom. The normalized spacial score (nSPS) is 14.7. The van der Waals surface area contributed by atoms with Crippen molar-refractivity contribution in [2.75, 3.05) is 20.1 Å². The first-order valence-electron chi connectivity index (χ1n) is 10.5. The molecule has 0 atom stereocenters. The quantitative estimate of drug-likeness (QED) is 0.621. The fourth-order valence-electron chi connectivity index (χ4n) is 3.73. The van der Waals surface area contributed by atoms with E-state index in [4.69, 9.17) is 0 Å². The van der Waals surface area contributed by atoms with Crippen LogP contribution in [0.15, 0.2) is 48.8 Å². The highest BCUT2D eigenvalue weighted by Gasteiger charge is 2.31. The van der Waals surface area contributed by atoms with Gasteiger partial charge < -0.3 is 5.32 Å². The van der Waals surface area contributed by atoms with Gasteiger partial charge in [0.1, 0.15) is 5.01 Å². The molecular formula is C24H28N4OS. The van der Waals surface area contributed by atoms with Crippen LogP contribution in [-0.2, 0) is 17.8 Å². The van der Waals surface area contributed by atoms with Crippen LogP contribution >= 0.6 is 11.3 Å². The number of aromatic nitrogens is 2. The summed E-state index contributed by atoms with van der Waals surface area (Å²) in [5.41, 5.74) is 4.64. The zero-order chi connectivity index (χ0) is 21.1. The van der Waals surface area contributed by atoms with E-state index >= 15 is 0 Å². The van der Waals surface area contributed by atoms with Crippen LogP contribution in [0.1, 0.15) is 25.1 Å². The molecule has 156 valence electrons. The van der Waals surface area contributed by atoms with Crippen LogP contribution in [0.25, 0.3) is 21.0 Å². The largest absolute Gasteiger partial charge is 0.359 e. The van der Waals surface area contributed by atoms with Gasteiger partial charge in [0.2, 0.25) is 5.91 Å². The van der Waals surface area contributed by atoms with Crippen LogP contribution in [0, 0.1) is 11.8 Å². The van der Waals surface area contributed by atoms with Gasteiger partial charge in [-0.25, -0.2) is 4.98 Å². The lowest BCUT2D eigenvalue weighted by Crippen LogP contribution is -2.52. The van der Waals surface area contributed by atoms with Gasteiger partial charge >= 0.3 is 0 Å². The summed E-state index contributed by atoms with van der Waals surface area (Å²) in [6.45, 7) is 6.97. The van der Waals surface area contributed by atoms with Gasteiger partial charge in [0.05, 0.1) is 10.8 Å². The maximum Gasteiger partial charge on any atom is 0.225 e. The summed E-state index contributed by atoms with van der Waals surface area (Å²) in [4.78, 5) is 24.3. The zero-order valence-corrected chi connectivity index (χ0v) is 18.6. The molecule has 4 rings (SSSR count). The minimum atomic E-state index is 0.136. The van der Waals surface area contributed by atoms with Gasteiger partial charge in [0, 0.05) is 55.9 Å². The number of nitrogens with zero attached hydrogens (tertiary/aromatic N) is 3. The van der Waals surface area contributed by atoms with E-state index in [1.54, 1.807) is 18.4 Å². The topological polar surface area (TPSA) is 58.1 Å². The molecule has 1 saturated heterocycles. The van der Waals surface area contributed by atoms with Crippen molar-refractivity contribution in [2.45, 2.75) is 26.8 Å². The number of likely N-dealkylation sites (tertiary alicyclic amines) is 1. The molecule has 5 nitrogen and oxygen atoms in total. The molecule has 1 aliphatic rings. The molecule has 1 N–H and O–H groups in total. The number of carbonyl (C=O) groups excluding carboxylic acids is 1. The number of carbonyl (C=O) groups is 1. The minimum absolute atomic E-state index is 0.136. The SMILES string of the molecule is CNC(=O)C1CN(Cc2ccc(-c3ncc(-c4ccc(CC(C)C)nc4)s3)cc2)C1. The monoisotopic (exact) mass is 420 g/mol. The maximum absolute atomic E-state index is 11.6. The molecule has 1 aromatic carbocycles. The molecular weight excluding hydrogens is 392 g/mol. The van der Waals surface area contributed by atoms with Crippen LogP contribution in [0.2, 0.25) is 0 Å². The van der Waals surface area contributed by atoms with E-state index in [9.17, 15) is 4.79 Å². The lowest BCUT2D eigenvalue weighted by atomic mass is 9.98. The third kappa shape index (κ3) is 4.77. The molecule has 30 heavy (non-hydrogen) atoms. The van der Waals surface area contributed by atoms with Crippen LogP contribution in [0.4, 0.5) is 0 Å². The summed E-state index contributed by atoms with van der Waals surface area (Å²) >= 11 is 1.69. The number of nitrogens with one attached hydrogen (secondary N) is 1. The second-order valence-electron chi connectivity index (χ2n) is 8.37. The molecule has 0 aliphatic carbocycles. The van der Waals surface area contributed by atoms with E-state index in [1.807, 2.05) is 12.4 Å². The van der Waals surface area contributed by atoms with Crippen molar-refractivity contribution in [1.82, 2.24) is 20.2 Å². The van der Waals surface area contributed by atoms with Gasteiger partial charge in [-0.1, -0.05) is 44.2 Å². The number of amides is 1. The van der Waals surface area contributed by atoms with E-state index in [0.29, 0.717) is 5.92 Å². The van der Waals surface area contributed by atoms with E-state index in [0.717, 1.165) is 52.8 Å². The highest BCUT2D eigenvalue weighted by atomic mass is 32.1. The zero-order valence-electron chi connectivity index (χ0n) is 17.8. The van der Waals surface area contributed by atoms with Gasteiger partial charge in [-0.15, -0.1) is 11.3 Å². The summed E-state index contributed by atoms with van der Waals surface area (Å²) in [5.74, 6) is 0.891. The summed E-state index contributed by atoms with van der Waals surface area (Å²) in [6, 6.07) is 12.9. The second-order valence-corrected chi connectivity index (χ2v) is 9.40. The first-order valence-corrected chi connectivity index (χ1v) is 11.3. The average molecular weight is 421 g/mol. The van der Waals surface area contributed by atoms with Crippen LogP contribution in [-0.4, -0.2) is 40.9 Å². The van der Waals surface area contributed by atoms with Gasteiger partial charge in [0.25, 0.3) is 0 Å². The van der Waals surface area contributed by atoms with Crippen molar-refractivity contribution in [3.63, 3.8) is 0 Å². The van der Waals surface area contributed by atoms with Crippen molar-refractivity contribution >= 4 is 17.2 Å². The molecule has 0 bridgehead atoms. The summed E-state index contributed by atoms with van der Waals surface area (Å²) < 4.78 is 0. The van der Waals surface area contributed by atoms with Crippen molar-refractivity contribution in [3.05, 3.63) is 60.0 Å². The molecule has 0 spiro atoms. The lowest BCUT2D eigenvalue weighted by Gasteiger charge is -2.38. The summed E-state index contributed by atoms with van der Waals surface area (Å²) in [5, 5.41) is 3.75. The summed E-state index contributed by atoms with van der Waals surface area (Å²) in [7, 11) is 1.70. The van der Waals surface area contributed by atoms with Crippen molar-refractivity contribution in [2.24, 2.45) is 11.8 Å². The van der Waals surface area contributed by atoms with Crippen LogP contribution < -0.4 is 5.32 Å². The number of hydrogen-bond acceptors (Lipinski definition) is 5. The second kappa shape index (κ2) is 9.06. The first-order chi connectivity index (χ1) is 14.5. The Labute approximate surface area is 182 Å². The maximum atomic E-state index is 11.6. The highest BCUT2D eigenvalue weighted by Crippen LogP contribution is 2.32. The van der Waals surface area contributed by atoms with E-state index in [2.05, 4.69) is 70.4 Å². The number of benzene rings is 1. The molecule has 1 aliphatic heterocycles. The molecule has 0 unspecified atom stereocenters.